The number of carbonyl (C=O) groups is 1. The van der Waals surface area contributed by atoms with E-state index in [2.05, 4.69) is 29.5 Å². The van der Waals surface area contributed by atoms with Crippen molar-refractivity contribution < 1.29 is 4.79 Å². The molecule has 2 aromatic rings. The lowest BCUT2D eigenvalue weighted by Crippen LogP contribution is -2.32. The van der Waals surface area contributed by atoms with Gasteiger partial charge < -0.3 is 11.1 Å². The fraction of sp³-hybridized carbons (Fsp3) is 0.444. The Balaban J connectivity index is 0.00000208. The highest BCUT2D eigenvalue weighted by molar-refractivity contribution is 5.94. The fourth-order valence-corrected chi connectivity index (χ4v) is 3.05. The van der Waals surface area contributed by atoms with Crippen molar-refractivity contribution in [1.29, 1.82) is 0 Å². The van der Waals surface area contributed by atoms with Crippen LogP contribution in [-0.2, 0) is 12.8 Å². The summed E-state index contributed by atoms with van der Waals surface area (Å²) in [6.07, 6.45) is 2.98. The Morgan fingerprint density at radius 3 is 2.83 bits per heavy atom. The summed E-state index contributed by atoms with van der Waals surface area (Å²) in [5, 5.41) is 7.60. The van der Waals surface area contributed by atoms with Crippen molar-refractivity contribution in [3.05, 3.63) is 46.8 Å². The Kier molecular flexibility index (Phi) is 6.02. The highest BCUT2D eigenvalue weighted by atomic mass is 35.5. The van der Waals surface area contributed by atoms with E-state index in [-0.39, 0.29) is 24.2 Å². The summed E-state index contributed by atoms with van der Waals surface area (Å²) in [6, 6.07) is 8.15. The number of aryl methyl sites for hydroxylation is 1. The van der Waals surface area contributed by atoms with Gasteiger partial charge in [0.25, 0.3) is 5.91 Å². The average Bonchev–Trinajstić information content (AvgIpc) is 3.15. The van der Waals surface area contributed by atoms with Crippen LogP contribution in [0.4, 0.5) is 0 Å². The fourth-order valence-electron chi connectivity index (χ4n) is 3.05. The normalized spacial score (nSPS) is 14.0. The Morgan fingerprint density at radius 1 is 1.38 bits per heavy atom. The largest absolute Gasteiger partial charge is 0.350 e. The second kappa shape index (κ2) is 7.81. The maximum Gasteiger partial charge on any atom is 0.272 e. The van der Waals surface area contributed by atoms with Crippen molar-refractivity contribution >= 4 is 18.3 Å². The first kappa shape index (κ1) is 18.5. The van der Waals surface area contributed by atoms with Gasteiger partial charge in [0.15, 0.2) is 5.69 Å². The van der Waals surface area contributed by atoms with Gasteiger partial charge in [0, 0.05) is 17.8 Å². The van der Waals surface area contributed by atoms with E-state index >= 15 is 0 Å². The molecular formula is C18H25ClN4O. The number of amides is 1. The van der Waals surface area contributed by atoms with Crippen LogP contribution in [0.3, 0.4) is 0 Å². The van der Waals surface area contributed by atoms with E-state index in [1.54, 1.807) is 0 Å². The van der Waals surface area contributed by atoms with E-state index in [0.29, 0.717) is 18.8 Å². The van der Waals surface area contributed by atoms with Crippen molar-refractivity contribution in [2.45, 2.75) is 33.1 Å². The zero-order chi connectivity index (χ0) is 16.4. The Bertz CT molecular complexity index is 726. The lowest BCUT2D eigenvalue weighted by atomic mass is 10.1. The molecule has 3 N–H and O–H groups in total. The lowest BCUT2D eigenvalue weighted by molar-refractivity contribution is 0.0942. The van der Waals surface area contributed by atoms with Crippen LogP contribution in [0.2, 0.25) is 0 Å². The van der Waals surface area contributed by atoms with E-state index in [1.807, 2.05) is 23.7 Å². The molecule has 0 radical (unpaired) electrons. The maximum absolute atomic E-state index is 12.5. The van der Waals surface area contributed by atoms with Crippen LogP contribution in [-0.4, -0.2) is 28.8 Å². The number of nitrogens with one attached hydrogen (secondary N) is 1. The number of nitrogens with zero attached hydrogens (tertiary/aromatic N) is 2. The number of aromatic nitrogens is 2. The summed E-state index contributed by atoms with van der Waals surface area (Å²) in [7, 11) is 0. The Hall–Kier alpha value is -1.85. The van der Waals surface area contributed by atoms with Crippen LogP contribution >= 0.6 is 12.4 Å². The molecule has 1 atom stereocenters. The average molecular weight is 349 g/mol. The van der Waals surface area contributed by atoms with Crippen molar-refractivity contribution in [1.82, 2.24) is 15.1 Å². The molecule has 1 aromatic carbocycles. The van der Waals surface area contributed by atoms with Crippen LogP contribution in [0, 0.1) is 12.8 Å². The standard InChI is InChI=1S/C18H24N4O.ClH/c1-12(10-19)11-20-18(23)17-14-7-5-9-16(14)22(21-17)15-8-4-3-6-13(15)2;/h3-4,6,8,12H,5,7,9-11,19H2,1-2H3,(H,20,23);1H. The predicted octanol–water partition coefficient (Wildman–Crippen LogP) is 2.42. The highest BCUT2D eigenvalue weighted by Crippen LogP contribution is 2.28. The number of fused-ring (bicyclic) bond motifs is 1. The second-order valence-electron chi connectivity index (χ2n) is 6.38. The highest BCUT2D eigenvalue weighted by Gasteiger charge is 2.27. The van der Waals surface area contributed by atoms with Gasteiger partial charge in [-0.15, -0.1) is 12.4 Å². The van der Waals surface area contributed by atoms with Gasteiger partial charge in [0.1, 0.15) is 0 Å². The monoisotopic (exact) mass is 348 g/mol. The topological polar surface area (TPSA) is 72.9 Å². The molecule has 1 unspecified atom stereocenters. The molecule has 1 aromatic heterocycles. The van der Waals surface area contributed by atoms with Crippen molar-refractivity contribution in [3.63, 3.8) is 0 Å². The minimum absolute atomic E-state index is 0. The van der Waals surface area contributed by atoms with Gasteiger partial charge in [-0.2, -0.15) is 5.10 Å². The molecule has 1 aliphatic carbocycles. The molecule has 0 bridgehead atoms. The van der Waals surface area contributed by atoms with Gasteiger partial charge in [0.05, 0.1) is 5.69 Å². The van der Waals surface area contributed by atoms with Gasteiger partial charge in [-0.3, -0.25) is 4.79 Å². The number of para-hydroxylation sites is 1. The third-order valence-corrected chi connectivity index (χ3v) is 4.50. The number of nitrogens with two attached hydrogens (primary N) is 1. The molecule has 1 amide bonds. The molecule has 5 nitrogen and oxygen atoms in total. The molecule has 0 fully saturated rings. The summed E-state index contributed by atoms with van der Waals surface area (Å²) in [5.74, 6) is 0.182. The van der Waals surface area contributed by atoms with Crippen molar-refractivity contribution in [3.8, 4) is 5.69 Å². The number of hydrogen-bond donors (Lipinski definition) is 2. The molecule has 130 valence electrons. The number of carbonyl (C=O) groups excluding carboxylic acids is 1. The van der Waals surface area contributed by atoms with Gasteiger partial charge >= 0.3 is 0 Å². The lowest BCUT2D eigenvalue weighted by Gasteiger charge is -2.10. The molecule has 0 saturated carbocycles. The van der Waals surface area contributed by atoms with Crippen LogP contribution in [0.15, 0.2) is 24.3 Å². The van der Waals surface area contributed by atoms with Crippen LogP contribution in [0.25, 0.3) is 5.69 Å². The Morgan fingerprint density at radius 2 is 2.12 bits per heavy atom. The van der Waals surface area contributed by atoms with Crippen molar-refractivity contribution in [2.24, 2.45) is 11.7 Å². The first-order valence-corrected chi connectivity index (χ1v) is 8.27. The van der Waals surface area contributed by atoms with Crippen LogP contribution in [0.1, 0.15) is 40.7 Å². The van der Waals surface area contributed by atoms with Crippen molar-refractivity contribution in [2.75, 3.05) is 13.1 Å². The second-order valence-corrected chi connectivity index (χ2v) is 6.38. The zero-order valence-corrected chi connectivity index (χ0v) is 15.0. The van der Waals surface area contributed by atoms with E-state index in [9.17, 15) is 4.79 Å². The summed E-state index contributed by atoms with van der Waals surface area (Å²) in [6.45, 7) is 5.25. The van der Waals surface area contributed by atoms with Gasteiger partial charge in [-0.25, -0.2) is 4.68 Å². The molecule has 3 rings (SSSR count). The summed E-state index contributed by atoms with van der Waals surface area (Å²) < 4.78 is 1.96. The summed E-state index contributed by atoms with van der Waals surface area (Å²) in [5.41, 5.74) is 10.7. The quantitative estimate of drug-likeness (QED) is 0.871. The van der Waals surface area contributed by atoms with Gasteiger partial charge in [0.2, 0.25) is 0 Å². The van der Waals surface area contributed by atoms with Gasteiger partial charge in [-0.05, 0) is 50.3 Å². The molecule has 0 saturated heterocycles. The summed E-state index contributed by atoms with van der Waals surface area (Å²) >= 11 is 0. The summed E-state index contributed by atoms with van der Waals surface area (Å²) in [4.78, 5) is 12.5. The molecule has 1 heterocycles. The minimum atomic E-state index is -0.0872. The predicted molar refractivity (Wildman–Crippen MR) is 98.1 cm³/mol. The first-order valence-electron chi connectivity index (χ1n) is 8.27. The first-order chi connectivity index (χ1) is 11.1. The molecular weight excluding hydrogens is 324 g/mol. The van der Waals surface area contributed by atoms with Crippen LogP contribution < -0.4 is 11.1 Å². The van der Waals surface area contributed by atoms with E-state index in [4.69, 9.17) is 5.73 Å². The third-order valence-electron chi connectivity index (χ3n) is 4.50. The van der Waals surface area contributed by atoms with E-state index in [1.165, 1.54) is 5.69 Å². The molecule has 6 heteroatoms. The smallest absolute Gasteiger partial charge is 0.272 e. The molecule has 0 aliphatic heterocycles. The molecule has 0 spiro atoms. The number of rotatable bonds is 5. The van der Waals surface area contributed by atoms with E-state index in [0.717, 1.165) is 36.1 Å². The SMILES string of the molecule is Cc1ccccc1-n1nc(C(=O)NCC(C)CN)c2c1CCC2.Cl. The minimum Gasteiger partial charge on any atom is -0.350 e. The van der Waals surface area contributed by atoms with Gasteiger partial charge in [-0.1, -0.05) is 25.1 Å². The molecule has 1 aliphatic rings. The number of benzene rings is 1. The maximum atomic E-state index is 12.5. The Labute approximate surface area is 149 Å². The third kappa shape index (κ3) is 3.47. The molecule has 24 heavy (non-hydrogen) atoms. The van der Waals surface area contributed by atoms with Crippen LogP contribution in [0.5, 0.6) is 0 Å². The number of halogens is 1. The number of hydrogen-bond acceptors (Lipinski definition) is 3. The zero-order valence-electron chi connectivity index (χ0n) is 14.2. The van der Waals surface area contributed by atoms with E-state index < -0.39 is 0 Å².